The van der Waals surface area contributed by atoms with Crippen LogP contribution >= 0.6 is 0 Å². The number of nitrogens with zero attached hydrogens (tertiary/aromatic N) is 1. The van der Waals surface area contributed by atoms with Crippen LogP contribution in [-0.2, 0) is 19.6 Å². The number of anilines is 1. The van der Waals surface area contributed by atoms with Crippen LogP contribution in [0, 0.1) is 0 Å². The highest BCUT2D eigenvalue weighted by Crippen LogP contribution is 2.11. The van der Waals surface area contributed by atoms with Gasteiger partial charge in [0.1, 0.15) is 0 Å². The molecule has 24 heavy (non-hydrogen) atoms. The molecule has 0 aliphatic heterocycles. The third-order valence-corrected chi connectivity index (χ3v) is 5.15. The Morgan fingerprint density at radius 1 is 1.17 bits per heavy atom. The number of esters is 1. The van der Waals surface area contributed by atoms with E-state index in [0.29, 0.717) is 17.9 Å². The molecular formula is C16H24N2O5S. The standard InChI is InChI=1S/C16H24N2O5S/c1-4-6-11-23-16(20)13-7-9-14(10-8-13)17-15(19)12-18(3)24(21,22)5-2/h7-10H,4-6,11-12H2,1-3H3,(H,17,19). The summed E-state index contributed by atoms with van der Waals surface area (Å²) < 4.78 is 29.3. The maximum absolute atomic E-state index is 11.9. The lowest BCUT2D eigenvalue weighted by atomic mass is 10.2. The Kier molecular flexibility index (Phi) is 7.87. The predicted octanol–water partition coefficient (Wildman–Crippen LogP) is 1.86. The number of ether oxygens (including phenoxy) is 1. The molecule has 0 radical (unpaired) electrons. The lowest BCUT2D eigenvalue weighted by Crippen LogP contribution is -2.35. The third kappa shape index (κ3) is 6.29. The maximum atomic E-state index is 11.9. The van der Waals surface area contributed by atoms with Gasteiger partial charge in [-0.25, -0.2) is 13.2 Å². The van der Waals surface area contributed by atoms with Crippen molar-refractivity contribution in [3.8, 4) is 0 Å². The van der Waals surface area contributed by atoms with E-state index in [-0.39, 0.29) is 12.3 Å². The maximum Gasteiger partial charge on any atom is 0.338 e. The summed E-state index contributed by atoms with van der Waals surface area (Å²) in [7, 11) is -2.05. The second-order valence-electron chi connectivity index (χ2n) is 5.27. The minimum Gasteiger partial charge on any atom is -0.462 e. The molecule has 8 heteroatoms. The van der Waals surface area contributed by atoms with E-state index in [0.717, 1.165) is 17.1 Å². The zero-order valence-corrected chi connectivity index (χ0v) is 15.1. The van der Waals surface area contributed by atoms with E-state index in [9.17, 15) is 18.0 Å². The second-order valence-corrected chi connectivity index (χ2v) is 7.64. The van der Waals surface area contributed by atoms with Gasteiger partial charge in [0, 0.05) is 12.7 Å². The molecule has 0 aliphatic rings. The first kappa shape index (κ1) is 20.1. The Labute approximate surface area is 143 Å². The molecule has 0 aliphatic carbocycles. The van der Waals surface area contributed by atoms with E-state index in [1.807, 2.05) is 6.92 Å². The van der Waals surface area contributed by atoms with Gasteiger partial charge in [-0.2, -0.15) is 4.31 Å². The first-order valence-corrected chi connectivity index (χ1v) is 9.42. The smallest absolute Gasteiger partial charge is 0.338 e. The molecule has 1 aromatic carbocycles. The van der Waals surface area contributed by atoms with Crippen molar-refractivity contribution in [3.63, 3.8) is 0 Å². The van der Waals surface area contributed by atoms with Gasteiger partial charge in [0.05, 0.1) is 24.5 Å². The van der Waals surface area contributed by atoms with Crippen LogP contribution in [0.2, 0.25) is 0 Å². The largest absolute Gasteiger partial charge is 0.462 e. The SMILES string of the molecule is CCCCOC(=O)c1ccc(NC(=O)CN(C)S(=O)(=O)CC)cc1. The fraction of sp³-hybridized carbons (Fsp3) is 0.500. The molecule has 0 heterocycles. The molecule has 0 bridgehead atoms. The lowest BCUT2D eigenvalue weighted by Gasteiger charge is -2.15. The van der Waals surface area contributed by atoms with Crippen molar-refractivity contribution in [2.24, 2.45) is 0 Å². The monoisotopic (exact) mass is 356 g/mol. The van der Waals surface area contributed by atoms with E-state index < -0.39 is 21.9 Å². The summed E-state index contributed by atoms with van der Waals surface area (Å²) in [6.07, 6.45) is 1.76. The van der Waals surface area contributed by atoms with Crippen LogP contribution in [0.4, 0.5) is 5.69 Å². The molecule has 0 saturated heterocycles. The van der Waals surface area contributed by atoms with Gasteiger partial charge in [-0.3, -0.25) is 4.79 Å². The van der Waals surface area contributed by atoms with Gasteiger partial charge in [-0.15, -0.1) is 0 Å². The molecular weight excluding hydrogens is 332 g/mol. The average molecular weight is 356 g/mol. The van der Waals surface area contributed by atoms with Crippen LogP contribution in [0.3, 0.4) is 0 Å². The van der Waals surface area contributed by atoms with Gasteiger partial charge in [-0.1, -0.05) is 13.3 Å². The van der Waals surface area contributed by atoms with Crippen LogP contribution in [0.15, 0.2) is 24.3 Å². The number of amides is 1. The van der Waals surface area contributed by atoms with Gasteiger partial charge in [-0.05, 0) is 37.6 Å². The van der Waals surface area contributed by atoms with Crippen LogP contribution in [-0.4, -0.2) is 50.6 Å². The quantitative estimate of drug-likeness (QED) is 0.538. The van der Waals surface area contributed by atoms with Crippen molar-refractivity contribution in [2.75, 3.05) is 31.3 Å². The summed E-state index contributed by atoms with van der Waals surface area (Å²) in [4.78, 5) is 23.6. The first-order chi connectivity index (χ1) is 11.3. The molecule has 1 amide bonds. The van der Waals surface area contributed by atoms with Gasteiger partial charge in [0.25, 0.3) is 0 Å². The number of sulfonamides is 1. The van der Waals surface area contributed by atoms with Gasteiger partial charge in [0.2, 0.25) is 15.9 Å². The molecule has 0 saturated carbocycles. The molecule has 0 unspecified atom stereocenters. The third-order valence-electron chi connectivity index (χ3n) is 3.34. The number of rotatable bonds is 9. The Morgan fingerprint density at radius 2 is 1.79 bits per heavy atom. The fourth-order valence-electron chi connectivity index (χ4n) is 1.80. The molecule has 0 fully saturated rings. The molecule has 0 atom stereocenters. The Morgan fingerprint density at radius 3 is 2.33 bits per heavy atom. The van der Waals surface area contributed by atoms with Crippen molar-refractivity contribution in [1.29, 1.82) is 0 Å². The van der Waals surface area contributed by atoms with Crippen LogP contribution in [0.1, 0.15) is 37.0 Å². The Bertz CT molecular complexity index is 656. The highest BCUT2D eigenvalue weighted by Gasteiger charge is 2.18. The van der Waals surface area contributed by atoms with Crippen molar-refractivity contribution >= 4 is 27.6 Å². The van der Waals surface area contributed by atoms with E-state index in [2.05, 4.69) is 5.32 Å². The van der Waals surface area contributed by atoms with Crippen molar-refractivity contribution < 1.29 is 22.7 Å². The number of nitrogens with one attached hydrogen (secondary N) is 1. The van der Waals surface area contributed by atoms with Crippen LogP contribution in [0.25, 0.3) is 0 Å². The number of hydrogen-bond acceptors (Lipinski definition) is 5. The summed E-state index contributed by atoms with van der Waals surface area (Å²) in [5, 5.41) is 2.59. The molecule has 1 N–H and O–H groups in total. The van der Waals surface area contributed by atoms with Gasteiger partial charge in [0.15, 0.2) is 0 Å². The molecule has 0 spiro atoms. The molecule has 0 aromatic heterocycles. The lowest BCUT2D eigenvalue weighted by molar-refractivity contribution is -0.116. The van der Waals surface area contributed by atoms with Crippen molar-refractivity contribution in [3.05, 3.63) is 29.8 Å². The molecule has 1 aromatic rings. The normalized spacial score (nSPS) is 11.3. The number of carbonyl (C=O) groups is 2. The average Bonchev–Trinajstić information content (AvgIpc) is 2.55. The van der Waals surface area contributed by atoms with Gasteiger partial charge < -0.3 is 10.1 Å². The highest BCUT2D eigenvalue weighted by molar-refractivity contribution is 7.89. The summed E-state index contributed by atoms with van der Waals surface area (Å²) in [6, 6.07) is 6.25. The van der Waals surface area contributed by atoms with Gasteiger partial charge >= 0.3 is 5.97 Å². The number of unbranched alkanes of at least 4 members (excludes halogenated alkanes) is 1. The minimum absolute atomic E-state index is 0.0639. The molecule has 7 nitrogen and oxygen atoms in total. The number of hydrogen-bond donors (Lipinski definition) is 1. The Hall–Kier alpha value is -1.93. The van der Waals surface area contributed by atoms with E-state index >= 15 is 0 Å². The van der Waals surface area contributed by atoms with E-state index in [4.69, 9.17) is 4.74 Å². The van der Waals surface area contributed by atoms with Crippen LogP contribution in [0.5, 0.6) is 0 Å². The zero-order chi connectivity index (χ0) is 18.2. The predicted molar refractivity (Wildman–Crippen MR) is 92.4 cm³/mol. The van der Waals surface area contributed by atoms with E-state index in [1.54, 1.807) is 24.3 Å². The fourth-order valence-corrected chi connectivity index (χ4v) is 2.56. The highest BCUT2D eigenvalue weighted by atomic mass is 32.2. The summed E-state index contributed by atoms with van der Waals surface area (Å²) >= 11 is 0. The van der Waals surface area contributed by atoms with Crippen molar-refractivity contribution in [2.45, 2.75) is 26.7 Å². The number of carbonyl (C=O) groups excluding carboxylic acids is 2. The van der Waals surface area contributed by atoms with Crippen LogP contribution < -0.4 is 5.32 Å². The zero-order valence-electron chi connectivity index (χ0n) is 14.2. The second kappa shape index (κ2) is 9.39. The molecule has 1 rings (SSSR count). The number of benzene rings is 1. The number of likely N-dealkylation sites (N-methyl/N-ethyl adjacent to an activating group) is 1. The minimum atomic E-state index is -3.40. The first-order valence-electron chi connectivity index (χ1n) is 7.81. The summed E-state index contributed by atoms with van der Waals surface area (Å²) in [6.45, 7) is 3.64. The summed E-state index contributed by atoms with van der Waals surface area (Å²) in [5.74, 6) is -0.922. The summed E-state index contributed by atoms with van der Waals surface area (Å²) in [5.41, 5.74) is 0.877. The van der Waals surface area contributed by atoms with E-state index in [1.165, 1.54) is 14.0 Å². The Balaban J connectivity index is 2.57. The molecule has 134 valence electrons. The van der Waals surface area contributed by atoms with Crippen molar-refractivity contribution in [1.82, 2.24) is 4.31 Å². The topological polar surface area (TPSA) is 92.8 Å².